The largest absolute Gasteiger partial charge is 0.622 e. The standard InChI is InChI=1S/C10H22O7Si2/c1-13-7-9(11)15-19(6,17-18(3,4)5)16-10(12)8-14-2/h7-8H2,1-6H3. The molecular formula is C10H22O7Si2. The Hall–Kier alpha value is -0.746. The molecule has 0 spiro atoms. The first-order valence-electron chi connectivity index (χ1n) is 5.73. The van der Waals surface area contributed by atoms with Gasteiger partial charge in [-0.05, 0) is 19.6 Å². The van der Waals surface area contributed by atoms with E-state index in [0.717, 1.165) is 0 Å². The number of carbonyl (C=O) groups is 2. The van der Waals surface area contributed by atoms with Crippen LogP contribution in [0, 0.1) is 0 Å². The first-order valence-corrected chi connectivity index (χ1v) is 11.4. The summed E-state index contributed by atoms with van der Waals surface area (Å²) in [6.45, 7) is 6.79. The van der Waals surface area contributed by atoms with Gasteiger partial charge in [0.25, 0.3) is 0 Å². The van der Waals surface area contributed by atoms with Crippen molar-refractivity contribution in [2.45, 2.75) is 26.2 Å². The first kappa shape index (κ1) is 18.3. The molecule has 0 saturated carbocycles. The molecule has 0 aliphatic heterocycles. The highest BCUT2D eigenvalue weighted by atomic mass is 28.5. The fourth-order valence-corrected chi connectivity index (χ4v) is 7.10. The molecule has 0 radical (unpaired) electrons. The molecule has 112 valence electrons. The Kier molecular flexibility index (Phi) is 7.44. The SMILES string of the molecule is COCC(=O)O[Si](C)(OC(=O)COC)O[Si](C)(C)C. The zero-order valence-corrected chi connectivity index (χ0v) is 14.3. The van der Waals surface area contributed by atoms with Gasteiger partial charge in [-0.25, -0.2) is 0 Å². The molecule has 9 heteroatoms. The van der Waals surface area contributed by atoms with Gasteiger partial charge in [-0.3, -0.25) is 9.59 Å². The van der Waals surface area contributed by atoms with Crippen molar-refractivity contribution in [1.82, 2.24) is 0 Å². The lowest BCUT2D eigenvalue weighted by Crippen LogP contribution is -2.53. The quantitative estimate of drug-likeness (QED) is 0.613. The molecule has 0 atom stereocenters. The molecule has 0 aliphatic carbocycles. The molecule has 0 aliphatic rings. The lowest BCUT2D eigenvalue weighted by Gasteiger charge is -2.30. The molecule has 0 aromatic rings. The summed E-state index contributed by atoms with van der Waals surface area (Å²) in [5, 5.41) is 0. The normalized spacial score (nSPS) is 12.1. The fraction of sp³-hybridized carbons (Fsp3) is 0.800. The van der Waals surface area contributed by atoms with Crippen LogP contribution in [0.4, 0.5) is 0 Å². The molecule has 0 fully saturated rings. The maximum absolute atomic E-state index is 11.5. The molecule has 0 saturated heterocycles. The number of rotatable bonds is 8. The molecule has 0 aromatic carbocycles. The summed E-state index contributed by atoms with van der Waals surface area (Å²) in [5.74, 6) is -1.25. The van der Waals surface area contributed by atoms with Crippen LogP contribution in [0.25, 0.3) is 0 Å². The molecule has 7 nitrogen and oxygen atoms in total. The van der Waals surface area contributed by atoms with Gasteiger partial charge in [-0.15, -0.1) is 0 Å². The Balaban J connectivity index is 4.80. The predicted octanol–water partition coefficient (Wildman–Crippen LogP) is 0.786. The van der Waals surface area contributed by atoms with Gasteiger partial charge in [0.1, 0.15) is 13.2 Å². The van der Waals surface area contributed by atoms with E-state index in [1.165, 1.54) is 20.8 Å². The van der Waals surface area contributed by atoms with Crippen molar-refractivity contribution in [1.29, 1.82) is 0 Å². The molecule has 0 rings (SSSR count). The number of methoxy groups -OCH3 is 2. The van der Waals surface area contributed by atoms with Crippen LogP contribution in [-0.4, -0.2) is 56.5 Å². The molecule has 0 bridgehead atoms. The topological polar surface area (TPSA) is 80.3 Å². The van der Waals surface area contributed by atoms with E-state index in [0.29, 0.717) is 0 Å². The van der Waals surface area contributed by atoms with Crippen LogP contribution in [0.5, 0.6) is 0 Å². The molecule has 0 N–H and O–H groups in total. The van der Waals surface area contributed by atoms with Crippen molar-refractivity contribution >= 4 is 29.1 Å². The number of ether oxygens (including phenoxy) is 2. The summed E-state index contributed by atoms with van der Waals surface area (Å²) < 4.78 is 25.4. The summed E-state index contributed by atoms with van der Waals surface area (Å²) in [7, 11) is -2.69. The van der Waals surface area contributed by atoms with Gasteiger partial charge >= 0.3 is 20.7 Å². The molecule has 0 heterocycles. The molecule has 0 aromatic heterocycles. The minimum Gasteiger partial charge on any atom is -0.463 e. The number of hydrogen-bond acceptors (Lipinski definition) is 7. The maximum atomic E-state index is 11.5. The van der Waals surface area contributed by atoms with Gasteiger partial charge in [0, 0.05) is 20.8 Å². The number of carbonyl (C=O) groups excluding carboxylic acids is 2. The smallest absolute Gasteiger partial charge is 0.463 e. The average molecular weight is 310 g/mol. The van der Waals surface area contributed by atoms with Gasteiger partial charge in [-0.1, -0.05) is 0 Å². The molecule has 19 heavy (non-hydrogen) atoms. The third-order valence-electron chi connectivity index (χ3n) is 1.61. The van der Waals surface area contributed by atoms with Gasteiger partial charge < -0.3 is 22.4 Å². The van der Waals surface area contributed by atoms with Gasteiger partial charge in [-0.2, -0.15) is 0 Å². The highest BCUT2D eigenvalue weighted by molar-refractivity contribution is 6.80. The summed E-state index contributed by atoms with van der Waals surface area (Å²) in [5.41, 5.74) is 0. The predicted molar refractivity (Wildman–Crippen MR) is 72.0 cm³/mol. The van der Waals surface area contributed by atoms with E-state index >= 15 is 0 Å². The van der Waals surface area contributed by atoms with Crippen LogP contribution >= 0.6 is 0 Å². The van der Waals surface area contributed by atoms with Crippen molar-refractivity contribution in [2.75, 3.05) is 27.4 Å². The highest BCUT2D eigenvalue weighted by Crippen LogP contribution is 2.17. The lowest BCUT2D eigenvalue weighted by atomic mass is 10.8. The van der Waals surface area contributed by atoms with Crippen molar-refractivity contribution in [2.24, 2.45) is 0 Å². The molecule has 0 unspecified atom stereocenters. The van der Waals surface area contributed by atoms with Crippen molar-refractivity contribution < 1.29 is 32.0 Å². The van der Waals surface area contributed by atoms with Crippen molar-refractivity contribution in [3.63, 3.8) is 0 Å². The van der Waals surface area contributed by atoms with E-state index in [2.05, 4.69) is 9.47 Å². The highest BCUT2D eigenvalue weighted by Gasteiger charge is 2.46. The first-order chi connectivity index (χ1) is 8.62. The van der Waals surface area contributed by atoms with Gasteiger partial charge in [0.2, 0.25) is 0 Å². The Morgan fingerprint density at radius 2 is 1.21 bits per heavy atom. The zero-order chi connectivity index (χ0) is 15.1. The minimum absolute atomic E-state index is 0.223. The fourth-order valence-electron chi connectivity index (χ4n) is 1.33. The van der Waals surface area contributed by atoms with Gasteiger partial charge in [0.05, 0.1) is 0 Å². The molecular weight excluding hydrogens is 288 g/mol. The van der Waals surface area contributed by atoms with Crippen LogP contribution in [-0.2, 0) is 32.0 Å². The molecule has 0 amide bonds. The van der Waals surface area contributed by atoms with E-state index in [9.17, 15) is 9.59 Å². The average Bonchev–Trinajstić information content (AvgIpc) is 2.12. The van der Waals surface area contributed by atoms with E-state index < -0.39 is 29.1 Å². The van der Waals surface area contributed by atoms with Crippen LogP contribution in [0.2, 0.25) is 26.2 Å². The second kappa shape index (κ2) is 7.75. The number of hydrogen-bond donors (Lipinski definition) is 0. The summed E-state index contributed by atoms with van der Waals surface area (Å²) in [6.07, 6.45) is 0. The lowest BCUT2D eigenvalue weighted by molar-refractivity contribution is -0.148. The van der Waals surface area contributed by atoms with Gasteiger partial charge in [0.15, 0.2) is 8.32 Å². The second-order valence-electron chi connectivity index (χ2n) is 4.89. The monoisotopic (exact) mass is 310 g/mol. The Morgan fingerprint density at radius 1 is 0.842 bits per heavy atom. The Bertz CT molecular complexity index is 293. The zero-order valence-electron chi connectivity index (χ0n) is 12.3. The maximum Gasteiger partial charge on any atom is 0.622 e. The van der Waals surface area contributed by atoms with Crippen LogP contribution in [0.15, 0.2) is 0 Å². The Labute approximate surface area is 115 Å². The van der Waals surface area contributed by atoms with Crippen LogP contribution < -0.4 is 0 Å². The van der Waals surface area contributed by atoms with E-state index in [1.54, 1.807) is 0 Å². The summed E-state index contributed by atoms with van der Waals surface area (Å²) in [6, 6.07) is 0. The summed E-state index contributed by atoms with van der Waals surface area (Å²) >= 11 is 0. The second-order valence-corrected chi connectivity index (χ2v) is 12.1. The van der Waals surface area contributed by atoms with Crippen molar-refractivity contribution in [3.8, 4) is 0 Å². The summed E-state index contributed by atoms with van der Waals surface area (Å²) in [4.78, 5) is 23.0. The van der Waals surface area contributed by atoms with E-state index in [4.69, 9.17) is 13.0 Å². The van der Waals surface area contributed by atoms with Crippen molar-refractivity contribution in [3.05, 3.63) is 0 Å². The third kappa shape index (κ3) is 8.89. The van der Waals surface area contributed by atoms with Crippen LogP contribution in [0.1, 0.15) is 0 Å². The Morgan fingerprint density at radius 3 is 1.47 bits per heavy atom. The third-order valence-corrected chi connectivity index (χ3v) is 6.74. The van der Waals surface area contributed by atoms with E-state index in [-0.39, 0.29) is 13.2 Å². The minimum atomic E-state index is -3.38. The van der Waals surface area contributed by atoms with Crippen LogP contribution in [0.3, 0.4) is 0 Å². The van der Waals surface area contributed by atoms with E-state index in [1.807, 2.05) is 19.6 Å².